The number of aliphatic imine (C=N–C) groups is 1. The van der Waals surface area contributed by atoms with Gasteiger partial charge in [-0.15, -0.1) is 0 Å². The quantitative estimate of drug-likeness (QED) is 0.359. The fraction of sp³-hybridized carbons (Fsp3) is 0.235. The second-order valence-corrected chi connectivity index (χ2v) is 4.59. The Kier molecular flexibility index (Phi) is 4.82. The summed E-state index contributed by atoms with van der Waals surface area (Å²) < 4.78 is 0. The maximum Gasteiger partial charge on any atom is 0.191 e. The summed E-state index contributed by atoms with van der Waals surface area (Å²) in [6.45, 7) is 7.66. The standard InChI is InChI=1S/C17H18N2O2/c1-4-10-18-15-12(3)17(20)14-9-7-6-8-13(14)16(15)19-21-11-5-2/h5-10H,2,4,11H2,1,3H3/b18-10-,19-16+. The van der Waals surface area contributed by atoms with Gasteiger partial charge in [0.2, 0.25) is 0 Å². The highest BCUT2D eigenvalue weighted by atomic mass is 16.6. The number of carbonyl (C=O) groups is 1. The van der Waals surface area contributed by atoms with Crippen LogP contribution in [0.1, 0.15) is 36.2 Å². The number of ketones is 1. The van der Waals surface area contributed by atoms with E-state index in [-0.39, 0.29) is 5.78 Å². The van der Waals surface area contributed by atoms with Crippen molar-refractivity contribution in [2.45, 2.75) is 20.3 Å². The zero-order valence-electron chi connectivity index (χ0n) is 12.3. The zero-order chi connectivity index (χ0) is 15.2. The third-order valence-electron chi connectivity index (χ3n) is 3.10. The highest BCUT2D eigenvalue weighted by molar-refractivity contribution is 6.28. The number of oxime groups is 1. The molecule has 0 fully saturated rings. The van der Waals surface area contributed by atoms with Crippen molar-refractivity contribution >= 4 is 17.7 Å². The Morgan fingerprint density at radius 1 is 1.29 bits per heavy atom. The molecule has 0 heterocycles. The van der Waals surface area contributed by atoms with Crippen molar-refractivity contribution in [2.24, 2.45) is 10.1 Å². The number of hydrogen-bond acceptors (Lipinski definition) is 4. The van der Waals surface area contributed by atoms with E-state index in [0.717, 1.165) is 12.0 Å². The van der Waals surface area contributed by atoms with Crippen molar-refractivity contribution in [3.8, 4) is 0 Å². The van der Waals surface area contributed by atoms with Crippen LogP contribution < -0.4 is 0 Å². The molecule has 1 aromatic carbocycles. The van der Waals surface area contributed by atoms with Crippen LogP contribution in [-0.4, -0.2) is 24.3 Å². The summed E-state index contributed by atoms with van der Waals surface area (Å²) >= 11 is 0. The lowest BCUT2D eigenvalue weighted by Crippen LogP contribution is -2.21. The summed E-state index contributed by atoms with van der Waals surface area (Å²) in [5.41, 5.74) is 3.13. The van der Waals surface area contributed by atoms with E-state index in [2.05, 4.69) is 16.7 Å². The predicted molar refractivity (Wildman–Crippen MR) is 84.9 cm³/mol. The summed E-state index contributed by atoms with van der Waals surface area (Å²) in [5, 5.41) is 4.16. The lowest BCUT2D eigenvalue weighted by molar-refractivity contribution is 0.103. The highest BCUT2D eigenvalue weighted by Crippen LogP contribution is 2.27. The summed E-state index contributed by atoms with van der Waals surface area (Å²) in [4.78, 5) is 22.0. The Hall–Kier alpha value is -2.49. The van der Waals surface area contributed by atoms with E-state index in [4.69, 9.17) is 4.84 Å². The minimum Gasteiger partial charge on any atom is -0.391 e. The molecule has 1 aliphatic rings. The molecule has 0 unspecified atom stereocenters. The molecule has 0 aliphatic heterocycles. The predicted octanol–water partition coefficient (Wildman–Crippen LogP) is 3.54. The largest absolute Gasteiger partial charge is 0.391 e. The molecule has 1 aliphatic carbocycles. The second-order valence-electron chi connectivity index (χ2n) is 4.59. The monoisotopic (exact) mass is 282 g/mol. The van der Waals surface area contributed by atoms with Gasteiger partial charge in [0, 0.05) is 22.9 Å². The van der Waals surface area contributed by atoms with Crippen molar-refractivity contribution in [1.29, 1.82) is 0 Å². The van der Waals surface area contributed by atoms with Crippen LogP contribution in [0.4, 0.5) is 0 Å². The number of benzene rings is 1. The summed E-state index contributed by atoms with van der Waals surface area (Å²) in [7, 11) is 0. The first-order valence-corrected chi connectivity index (χ1v) is 6.89. The molecule has 0 saturated heterocycles. The highest BCUT2D eigenvalue weighted by Gasteiger charge is 2.28. The van der Waals surface area contributed by atoms with Crippen LogP contribution in [0, 0.1) is 0 Å². The van der Waals surface area contributed by atoms with Crippen LogP contribution in [0.3, 0.4) is 0 Å². The van der Waals surface area contributed by atoms with Gasteiger partial charge in [0.05, 0.1) is 5.70 Å². The molecule has 108 valence electrons. The first kappa shape index (κ1) is 14.9. The number of carbonyl (C=O) groups excluding carboxylic acids is 1. The molecule has 0 atom stereocenters. The van der Waals surface area contributed by atoms with Crippen molar-refractivity contribution in [1.82, 2.24) is 0 Å². The van der Waals surface area contributed by atoms with E-state index < -0.39 is 0 Å². The Morgan fingerprint density at radius 3 is 2.67 bits per heavy atom. The maximum atomic E-state index is 12.4. The number of Topliss-reactive ketones (excluding diaryl/α,β-unsaturated/α-hetero) is 1. The van der Waals surface area contributed by atoms with E-state index in [9.17, 15) is 4.79 Å². The summed E-state index contributed by atoms with van der Waals surface area (Å²) in [6.07, 6.45) is 4.17. The van der Waals surface area contributed by atoms with Gasteiger partial charge in [-0.2, -0.15) is 0 Å². The average Bonchev–Trinajstić information content (AvgIpc) is 2.51. The van der Waals surface area contributed by atoms with Crippen molar-refractivity contribution < 1.29 is 9.63 Å². The number of allylic oxidation sites excluding steroid dienone is 2. The van der Waals surface area contributed by atoms with Gasteiger partial charge in [0.25, 0.3) is 0 Å². The molecule has 0 spiro atoms. The van der Waals surface area contributed by atoms with Gasteiger partial charge in [-0.3, -0.25) is 9.79 Å². The minimum atomic E-state index is -0.0171. The molecule has 4 heteroatoms. The van der Waals surface area contributed by atoms with Crippen LogP contribution in [0.2, 0.25) is 0 Å². The van der Waals surface area contributed by atoms with Gasteiger partial charge in [0.1, 0.15) is 12.3 Å². The minimum absolute atomic E-state index is 0.0171. The average molecular weight is 282 g/mol. The van der Waals surface area contributed by atoms with Crippen LogP contribution >= 0.6 is 0 Å². The maximum absolute atomic E-state index is 12.4. The first-order valence-electron chi connectivity index (χ1n) is 6.89. The van der Waals surface area contributed by atoms with Gasteiger partial charge < -0.3 is 4.84 Å². The van der Waals surface area contributed by atoms with Gasteiger partial charge in [-0.1, -0.05) is 49.0 Å². The molecular formula is C17H18N2O2. The molecule has 0 amide bonds. The second kappa shape index (κ2) is 6.79. The Bertz CT molecular complexity index is 655. The molecule has 0 aromatic heterocycles. The fourth-order valence-electron chi connectivity index (χ4n) is 2.09. The zero-order valence-corrected chi connectivity index (χ0v) is 12.3. The molecular weight excluding hydrogens is 264 g/mol. The fourth-order valence-corrected chi connectivity index (χ4v) is 2.09. The van der Waals surface area contributed by atoms with Crippen molar-refractivity contribution in [3.05, 3.63) is 59.3 Å². The molecule has 0 bridgehead atoms. The SMILES string of the molecule is C=CCO/N=C1/C(/N=C\CC)=C(C)C(=O)c2ccccc21. The van der Waals surface area contributed by atoms with Gasteiger partial charge >= 0.3 is 0 Å². The third kappa shape index (κ3) is 2.99. The van der Waals surface area contributed by atoms with Crippen molar-refractivity contribution in [2.75, 3.05) is 6.61 Å². The van der Waals surface area contributed by atoms with E-state index in [1.54, 1.807) is 25.3 Å². The smallest absolute Gasteiger partial charge is 0.191 e. The molecule has 0 saturated carbocycles. The van der Waals surface area contributed by atoms with Crippen LogP contribution in [0.5, 0.6) is 0 Å². The normalized spacial score (nSPS) is 16.5. The number of rotatable bonds is 5. The van der Waals surface area contributed by atoms with Crippen molar-refractivity contribution in [3.63, 3.8) is 0 Å². The molecule has 0 radical (unpaired) electrons. The third-order valence-corrected chi connectivity index (χ3v) is 3.10. The molecule has 4 nitrogen and oxygen atoms in total. The van der Waals surface area contributed by atoms with Gasteiger partial charge in [0.15, 0.2) is 5.78 Å². The number of nitrogens with zero attached hydrogens (tertiary/aromatic N) is 2. The van der Waals surface area contributed by atoms with E-state index in [1.807, 2.05) is 25.1 Å². The molecule has 21 heavy (non-hydrogen) atoms. The van der Waals surface area contributed by atoms with E-state index in [0.29, 0.717) is 29.2 Å². The number of hydrogen-bond donors (Lipinski definition) is 0. The van der Waals surface area contributed by atoms with Gasteiger partial charge in [-0.05, 0) is 13.3 Å². The first-order chi connectivity index (χ1) is 10.2. The van der Waals surface area contributed by atoms with E-state index >= 15 is 0 Å². The van der Waals surface area contributed by atoms with Crippen LogP contribution in [0.25, 0.3) is 0 Å². The molecule has 1 aromatic rings. The van der Waals surface area contributed by atoms with Gasteiger partial charge in [-0.25, -0.2) is 0 Å². The number of fused-ring (bicyclic) bond motifs is 1. The lowest BCUT2D eigenvalue weighted by Gasteiger charge is -2.19. The topological polar surface area (TPSA) is 51.0 Å². The summed E-state index contributed by atoms with van der Waals surface area (Å²) in [5.74, 6) is -0.0171. The Balaban J connectivity index is 2.57. The Morgan fingerprint density at radius 2 is 2.00 bits per heavy atom. The Labute approximate surface area is 124 Å². The molecule has 2 rings (SSSR count). The van der Waals surface area contributed by atoms with Crippen LogP contribution in [-0.2, 0) is 4.84 Å². The molecule has 0 N–H and O–H groups in total. The summed E-state index contributed by atoms with van der Waals surface area (Å²) in [6, 6.07) is 7.37. The van der Waals surface area contributed by atoms with Crippen LogP contribution in [0.15, 0.2) is 58.3 Å². The lowest BCUT2D eigenvalue weighted by atomic mass is 9.87. The van der Waals surface area contributed by atoms with E-state index in [1.165, 1.54) is 0 Å².